The van der Waals surface area contributed by atoms with E-state index < -0.39 is 6.10 Å². The molecule has 0 heterocycles. The Labute approximate surface area is 412 Å². The SMILES string of the molecule is CCCCCCCCCCCCCCCCCCCCC(=O)OC[C@@H](COC(=O)CCCCCCCCCCCCCCCCCC(C)C)OC(=O)CCCCCCCCCCC(C)CC. The molecule has 6 nitrogen and oxygen atoms in total. The fourth-order valence-electron chi connectivity index (χ4n) is 9.20. The molecule has 0 N–H and O–H groups in total. The third kappa shape index (κ3) is 51.8. The Morgan fingerprint density at radius 1 is 0.318 bits per heavy atom. The molecule has 0 aromatic heterocycles. The first kappa shape index (κ1) is 64.4. The van der Waals surface area contributed by atoms with E-state index in [-0.39, 0.29) is 31.1 Å². The van der Waals surface area contributed by atoms with Crippen molar-refractivity contribution in [2.75, 3.05) is 13.2 Å². The molecule has 0 aliphatic carbocycles. The van der Waals surface area contributed by atoms with Gasteiger partial charge in [-0.2, -0.15) is 0 Å². The van der Waals surface area contributed by atoms with Gasteiger partial charge < -0.3 is 14.2 Å². The molecular formula is C60H116O6. The highest BCUT2D eigenvalue weighted by atomic mass is 16.6. The first-order valence-electron chi connectivity index (χ1n) is 29.8. The Kier molecular flexibility index (Phi) is 51.5. The van der Waals surface area contributed by atoms with Gasteiger partial charge in [-0.25, -0.2) is 0 Å². The van der Waals surface area contributed by atoms with Gasteiger partial charge in [0.05, 0.1) is 0 Å². The van der Waals surface area contributed by atoms with Gasteiger partial charge in [0.25, 0.3) is 0 Å². The van der Waals surface area contributed by atoms with Gasteiger partial charge in [-0.05, 0) is 31.1 Å². The lowest BCUT2D eigenvalue weighted by Gasteiger charge is -2.18. The van der Waals surface area contributed by atoms with Crippen LogP contribution in [0.1, 0.15) is 336 Å². The van der Waals surface area contributed by atoms with E-state index in [2.05, 4.69) is 34.6 Å². The Morgan fingerprint density at radius 2 is 0.576 bits per heavy atom. The number of hydrogen-bond acceptors (Lipinski definition) is 6. The zero-order chi connectivity index (χ0) is 48.2. The molecule has 0 saturated heterocycles. The first-order valence-corrected chi connectivity index (χ1v) is 29.8. The van der Waals surface area contributed by atoms with E-state index in [1.54, 1.807) is 0 Å². The summed E-state index contributed by atoms with van der Waals surface area (Å²) in [6.07, 6.45) is 56.7. The van der Waals surface area contributed by atoms with Gasteiger partial charge in [-0.15, -0.1) is 0 Å². The number of carbonyl (C=O) groups excluding carboxylic acids is 3. The monoisotopic (exact) mass is 933 g/mol. The van der Waals surface area contributed by atoms with Crippen LogP contribution >= 0.6 is 0 Å². The third-order valence-electron chi connectivity index (χ3n) is 14.1. The van der Waals surface area contributed by atoms with Crippen LogP contribution in [0.25, 0.3) is 0 Å². The van der Waals surface area contributed by atoms with Crippen molar-refractivity contribution in [1.29, 1.82) is 0 Å². The highest BCUT2D eigenvalue weighted by molar-refractivity contribution is 5.71. The number of carbonyl (C=O) groups is 3. The standard InChI is InChI=1S/C60H116O6/c1-6-8-9-10-11-12-13-14-15-16-17-20-23-26-29-35-40-45-50-58(61)64-53-57(66-60(63)52-47-42-37-32-31-34-39-44-49-56(5)7-2)54-65-59(62)51-46-41-36-30-27-24-21-18-19-22-25-28-33-38-43-48-55(3)4/h55-57H,6-54H2,1-5H3/t56?,57-/m0/s1. The lowest BCUT2D eigenvalue weighted by molar-refractivity contribution is -0.167. The van der Waals surface area contributed by atoms with Gasteiger partial charge >= 0.3 is 17.9 Å². The van der Waals surface area contributed by atoms with Crippen molar-refractivity contribution in [3.05, 3.63) is 0 Å². The number of unbranched alkanes of at least 4 members (excludes halogenated alkanes) is 38. The predicted molar refractivity (Wildman–Crippen MR) is 284 cm³/mol. The Bertz CT molecular complexity index is 1010. The quantitative estimate of drug-likeness (QED) is 0.0343. The van der Waals surface area contributed by atoms with Crippen molar-refractivity contribution in [2.24, 2.45) is 11.8 Å². The Hall–Kier alpha value is -1.59. The summed E-state index contributed by atoms with van der Waals surface area (Å²) in [5.41, 5.74) is 0. The zero-order valence-electron chi connectivity index (χ0n) is 45.3. The molecule has 0 amide bonds. The molecule has 392 valence electrons. The highest BCUT2D eigenvalue weighted by Crippen LogP contribution is 2.19. The summed E-state index contributed by atoms with van der Waals surface area (Å²) < 4.78 is 16.9. The zero-order valence-corrected chi connectivity index (χ0v) is 45.3. The van der Waals surface area contributed by atoms with E-state index in [4.69, 9.17) is 14.2 Å². The van der Waals surface area contributed by atoms with E-state index in [0.717, 1.165) is 69.6 Å². The van der Waals surface area contributed by atoms with Crippen molar-refractivity contribution < 1.29 is 28.6 Å². The molecule has 66 heavy (non-hydrogen) atoms. The van der Waals surface area contributed by atoms with E-state index in [1.807, 2.05) is 0 Å². The molecule has 6 heteroatoms. The lowest BCUT2D eigenvalue weighted by Crippen LogP contribution is -2.30. The topological polar surface area (TPSA) is 78.9 Å². The van der Waals surface area contributed by atoms with Crippen LogP contribution in [-0.4, -0.2) is 37.2 Å². The van der Waals surface area contributed by atoms with Gasteiger partial charge in [0.1, 0.15) is 13.2 Å². The van der Waals surface area contributed by atoms with Gasteiger partial charge in [-0.1, -0.05) is 298 Å². The molecule has 0 spiro atoms. The molecule has 0 aliphatic heterocycles. The lowest BCUT2D eigenvalue weighted by atomic mass is 9.99. The molecule has 0 bridgehead atoms. The number of rotatable bonds is 54. The van der Waals surface area contributed by atoms with E-state index in [9.17, 15) is 14.4 Å². The van der Waals surface area contributed by atoms with E-state index in [1.165, 1.54) is 225 Å². The average molecular weight is 934 g/mol. The minimum Gasteiger partial charge on any atom is -0.462 e. The van der Waals surface area contributed by atoms with Crippen LogP contribution in [0.15, 0.2) is 0 Å². The maximum Gasteiger partial charge on any atom is 0.306 e. The summed E-state index contributed by atoms with van der Waals surface area (Å²) in [5, 5.41) is 0. The maximum atomic E-state index is 12.8. The van der Waals surface area contributed by atoms with Crippen molar-refractivity contribution in [1.82, 2.24) is 0 Å². The fraction of sp³-hybridized carbons (Fsp3) is 0.950. The van der Waals surface area contributed by atoms with E-state index in [0.29, 0.717) is 19.3 Å². The number of hydrogen-bond donors (Lipinski definition) is 0. The van der Waals surface area contributed by atoms with Crippen LogP contribution in [0.5, 0.6) is 0 Å². The van der Waals surface area contributed by atoms with Gasteiger partial charge in [-0.3, -0.25) is 14.4 Å². The summed E-state index contributed by atoms with van der Waals surface area (Å²) in [4.78, 5) is 38.2. The normalized spacial score (nSPS) is 12.5. The second-order valence-corrected chi connectivity index (χ2v) is 21.4. The van der Waals surface area contributed by atoms with Gasteiger partial charge in [0.2, 0.25) is 0 Å². The third-order valence-corrected chi connectivity index (χ3v) is 14.1. The minimum absolute atomic E-state index is 0.0630. The molecule has 0 fully saturated rings. The van der Waals surface area contributed by atoms with Crippen LogP contribution in [0.3, 0.4) is 0 Å². The Morgan fingerprint density at radius 3 is 0.864 bits per heavy atom. The van der Waals surface area contributed by atoms with Crippen LogP contribution < -0.4 is 0 Å². The highest BCUT2D eigenvalue weighted by Gasteiger charge is 2.19. The summed E-state index contributed by atoms with van der Waals surface area (Å²) in [5.74, 6) is 0.854. The smallest absolute Gasteiger partial charge is 0.306 e. The second-order valence-electron chi connectivity index (χ2n) is 21.4. The van der Waals surface area contributed by atoms with E-state index >= 15 is 0 Å². The van der Waals surface area contributed by atoms with Crippen molar-refractivity contribution in [3.8, 4) is 0 Å². The van der Waals surface area contributed by atoms with Crippen LogP contribution in [0, 0.1) is 11.8 Å². The molecule has 0 aliphatic rings. The molecular weight excluding hydrogens is 817 g/mol. The average Bonchev–Trinajstić information content (AvgIpc) is 3.30. The fourth-order valence-corrected chi connectivity index (χ4v) is 9.20. The summed E-state index contributed by atoms with van der Waals surface area (Å²) >= 11 is 0. The van der Waals surface area contributed by atoms with Crippen LogP contribution in [0.4, 0.5) is 0 Å². The van der Waals surface area contributed by atoms with Gasteiger partial charge in [0.15, 0.2) is 6.10 Å². The summed E-state index contributed by atoms with van der Waals surface area (Å²) in [7, 11) is 0. The minimum atomic E-state index is -0.763. The largest absolute Gasteiger partial charge is 0.462 e. The Balaban J connectivity index is 4.26. The number of esters is 3. The molecule has 0 radical (unpaired) electrons. The molecule has 1 unspecified atom stereocenters. The molecule has 0 rings (SSSR count). The summed E-state index contributed by atoms with van der Waals surface area (Å²) in [6.45, 7) is 11.4. The summed E-state index contributed by atoms with van der Waals surface area (Å²) in [6, 6.07) is 0. The maximum absolute atomic E-state index is 12.8. The first-order chi connectivity index (χ1) is 32.3. The van der Waals surface area contributed by atoms with Crippen LogP contribution in [0.2, 0.25) is 0 Å². The molecule has 0 aromatic carbocycles. The number of ether oxygens (including phenoxy) is 3. The molecule has 2 atom stereocenters. The predicted octanol–water partition coefficient (Wildman–Crippen LogP) is 19.7. The second kappa shape index (κ2) is 52.8. The van der Waals surface area contributed by atoms with Gasteiger partial charge in [0, 0.05) is 19.3 Å². The van der Waals surface area contributed by atoms with Crippen molar-refractivity contribution in [3.63, 3.8) is 0 Å². The van der Waals surface area contributed by atoms with Crippen molar-refractivity contribution >= 4 is 17.9 Å². The molecule has 0 aromatic rings. The van der Waals surface area contributed by atoms with Crippen LogP contribution in [-0.2, 0) is 28.6 Å². The molecule has 0 saturated carbocycles. The van der Waals surface area contributed by atoms with Crippen molar-refractivity contribution in [2.45, 2.75) is 343 Å².